The number of rotatable bonds is 4. The van der Waals surface area contributed by atoms with E-state index in [2.05, 4.69) is 21.0 Å². The highest BCUT2D eigenvalue weighted by molar-refractivity contribution is 9.10. The maximum Gasteiger partial charge on any atom is 0.259 e. The van der Waals surface area contributed by atoms with Crippen LogP contribution in [-0.4, -0.2) is 32.2 Å². The Labute approximate surface area is 143 Å². The summed E-state index contributed by atoms with van der Waals surface area (Å²) < 4.78 is 4.63. The van der Waals surface area contributed by atoms with Crippen LogP contribution in [-0.2, 0) is 13.6 Å². The van der Waals surface area contributed by atoms with Gasteiger partial charge in [-0.3, -0.25) is 9.48 Å². The van der Waals surface area contributed by atoms with E-state index in [1.165, 1.54) is 0 Å². The van der Waals surface area contributed by atoms with E-state index in [4.69, 9.17) is 0 Å². The average Bonchev–Trinajstić information content (AvgIpc) is 3.17. The molecule has 0 radical (unpaired) electrons. The minimum absolute atomic E-state index is 0.0512. The molecule has 0 aliphatic rings. The minimum Gasteiger partial charge on any atom is -0.337 e. The number of nitrogens with zero attached hydrogens (tertiary/aromatic N) is 4. The molecule has 3 rings (SSSR count). The number of benzene rings is 1. The summed E-state index contributed by atoms with van der Waals surface area (Å²) in [6.07, 6.45) is 5.43. The largest absolute Gasteiger partial charge is 0.337 e. The molecule has 0 aliphatic heterocycles. The number of hydrogen-bond acceptors (Lipinski definition) is 2. The van der Waals surface area contributed by atoms with E-state index in [-0.39, 0.29) is 5.91 Å². The van der Waals surface area contributed by atoms with Gasteiger partial charge < -0.3 is 9.47 Å². The summed E-state index contributed by atoms with van der Waals surface area (Å²) in [5.41, 5.74) is 1.67. The zero-order chi connectivity index (χ0) is 16.4. The van der Waals surface area contributed by atoms with Crippen LogP contribution in [0, 0.1) is 0 Å². The van der Waals surface area contributed by atoms with Crippen LogP contribution in [0.5, 0.6) is 0 Å². The number of halogens is 1. The zero-order valence-electron chi connectivity index (χ0n) is 13.0. The third kappa shape index (κ3) is 3.22. The van der Waals surface area contributed by atoms with E-state index in [0.29, 0.717) is 12.1 Å². The topological polar surface area (TPSA) is 43.1 Å². The Kier molecular flexibility index (Phi) is 4.34. The van der Waals surface area contributed by atoms with Crippen molar-refractivity contribution in [2.24, 2.45) is 7.05 Å². The molecule has 5 nitrogen and oxygen atoms in total. The van der Waals surface area contributed by atoms with Gasteiger partial charge in [0.2, 0.25) is 0 Å². The lowest BCUT2D eigenvalue weighted by Crippen LogP contribution is -2.27. The number of hydrogen-bond donors (Lipinski definition) is 0. The van der Waals surface area contributed by atoms with Gasteiger partial charge in [-0.15, -0.1) is 0 Å². The molecule has 1 aromatic carbocycles. The van der Waals surface area contributed by atoms with Gasteiger partial charge in [0.25, 0.3) is 5.91 Å². The lowest BCUT2D eigenvalue weighted by molar-refractivity contribution is 0.0785. The molecule has 0 saturated heterocycles. The SMILES string of the molecule is CN(Cc1ccc(Br)cc1)C(=O)c1cnn(C)c1-n1cccc1. The fraction of sp³-hybridized carbons (Fsp3) is 0.176. The maximum atomic E-state index is 12.8. The fourth-order valence-electron chi connectivity index (χ4n) is 2.50. The molecule has 3 aromatic rings. The van der Waals surface area contributed by atoms with E-state index in [0.717, 1.165) is 15.9 Å². The Morgan fingerprint density at radius 2 is 1.87 bits per heavy atom. The Bertz CT molecular complexity index is 806. The summed E-state index contributed by atoms with van der Waals surface area (Å²) in [5, 5.41) is 4.24. The molecular weight excluding hydrogens is 356 g/mol. The predicted molar refractivity (Wildman–Crippen MR) is 92.5 cm³/mol. The number of carbonyl (C=O) groups is 1. The normalized spacial score (nSPS) is 10.7. The third-order valence-electron chi connectivity index (χ3n) is 3.67. The first-order chi connectivity index (χ1) is 11.1. The van der Waals surface area contributed by atoms with Gasteiger partial charge in [0.15, 0.2) is 0 Å². The van der Waals surface area contributed by atoms with Crippen LogP contribution in [0.2, 0.25) is 0 Å². The van der Waals surface area contributed by atoms with Crippen molar-refractivity contribution in [3.63, 3.8) is 0 Å². The molecule has 1 amide bonds. The molecule has 0 atom stereocenters. The molecule has 0 aliphatic carbocycles. The Balaban J connectivity index is 1.84. The number of aromatic nitrogens is 3. The lowest BCUT2D eigenvalue weighted by Gasteiger charge is -2.18. The molecule has 0 N–H and O–H groups in total. The van der Waals surface area contributed by atoms with Crippen molar-refractivity contribution in [2.45, 2.75) is 6.54 Å². The highest BCUT2D eigenvalue weighted by atomic mass is 79.9. The molecular formula is C17H17BrN4O. The Hall–Kier alpha value is -2.34. The predicted octanol–water partition coefficient (Wildman–Crippen LogP) is 3.25. The molecule has 0 fully saturated rings. The van der Waals surface area contributed by atoms with Crippen LogP contribution in [0.4, 0.5) is 0 Å². The van der Waals surface area contributed by atoms with Crippen molar-refractivity contribution in [1.82, 2.24) is 19.2 Å². The van der Waals surface area contributed by atoms with E-state index in [1.54, 1.807) is 22.8 Å². The van der Waals surface area contributed by atoms with Crippen LogP contribution in [0.25, 0.3) is 5.82 Å². The van der Waals surface area contributed by atoms with Crippen LogP contribution < -0.4 is 0 Å². The van der Waals surface area contributed by atoms with Gasteiger partial charge in [0, 0.05) is 37.5 Å². The monoisotopic (exact) mass is 372 g/mol. The number of amides is 1. The summed E-state index contributed by atoms with van der Waals surface area (Å²) in [4.78, 5) is 14.5. The first-order valence-electron chi connectivity index (χ1n) is 7.21. The van der Waals surface area contributed by atoms with Crippen molar-refractivity contribution in [1.29, 1.82) is 0 Å². The molecule has 2 aromatic heterocycles. The number of aryl methyl sites for hydroxylation is 1. The first kappa shape index (κ1) is 15.6. The first-order valence-corrected chi connectivity index (χ1v) is 8.01. The Morgan fingerprint density at radius 3 is 2.52 bits per heavy atom. The van der Waals surface area contributed by atoms with Gasteiger partial charge >= 0.3 is 0 Å². The molecule has 0 spiro atoms. The van der Waals surface area contributed by atoms with Gasteiger partial charge in [0.05, 0.1) is 6.20 Å². The average molecular weight is 373 g/mol. The van der Waals surface area contributed by atoms with Crippen LogP contribution >= 0.6 is 15.9 Å². The van der Waals surface area contributed by atoms with Crippen LogP contribution in [0.1, 0.15) is 15.9 Å². The molecule has 6 heteroatoms. The second-order valence-corrected chi connectivity index (χ2v) is 6.30. The second-order valence-electron chi connectivity index (χ2n) is 5.38. The molecule has 2 heterocycles. The summed E-state index contributed by atoms with van der Waals surface area (Å²) >= 11 is 3.42. The number of carbonyl (C=O) groups excluding carboxylic acids is 1. The van der Waals surface area contributed by atoms with Gasteiger partial charge in [0.1, 0.15) is 11.4 Å². The third-order valence-corrected chi connectivity index (χ3v) is 4.20. The van der Waals surface area contributed by atoms with Gasteiger partial charge in [-0.05, 0) is 29.8 Å². The zero-order valence-corrected chi connectivity index (χ0v) is 14.6. The molecule has 118 valence electrons. The lowest BCUT2D eigenvalue weighted by atomic mass is 10.2. The van der Waals surface area contributed by atoms with E-state index >= 15 is 0 Å². The van der Waals surface area contributed by atoms with Crippen molar-refractivity contribution in [3.05, 3.63) is 70.6 Å². The van der Waals surface area contributed by atoms with Gasteiger partial charge in [-0.25, -0.2) is 0 Å². The van der Waals surface area contributed by atoms with E-state index in [9.17, 15) is 4.79 Å². The quantitative estimate of drug-likeness (QED) is 0.705. The highest BCUT2D eigenvalue weighted by Crippen LogP contribution is 2.17. The standard InChI is InChI=1S/C17H17BrN4O/c1-20(12-13-5-7-14(18)8-6-13)17(23)15-11-19-21(2)16(15)22-9-3-4-10-22/h3-11H,12H2,1-2H3. The fourth-order valence-corrected chi connectivity index (χ4v) is 2.77. The van der Waals surface area contributed by atoms with Gasteiger partial charge in [-0.2, -0.15) is 5.10 Å². The van der Waals surface area contributed by atoms with Crippen LogP contribution in [0.15, 0.2) is 59.5 Å². The molecule has 0 unspecified atom stereocenters. The van der Waals surface area contributed by atoms with Crippen molar-refractivity contribution < 1.29 is 4.79 Å². The smallest absolute Gasteiger partial charge is 0.259 e. The second kappa shape index (κ2) is 6.42. The molecule has 0 bridgehead atoms. The highest BCUT2D eigenvalue weighted by Gasteiger charge is 2.20. The summed E-state index contributed by atoms with van der Waals surface area (Å²) in [5.74, 6) is 0.715. The summed E-state index contributed by atoms with van der Waals surface area (Å²) in [6, 6.07) is 11.8. The van der Waals surface area contributed by atoms with Gasteiger partial charge in [-0.1, -0.05) is 28.1 Å². The van der Waals surface area contributed by atoms with Crippen molar-refractivity contribution in [3.8, 4) is 5.82 Å². The van der Waals surface area contributed by atoms with E-state index in [1.807, 2.05) is 60.4 Å². The maximum absolute atomic E-state index is 12.8. The van der Waals surface area contributed by atoms with E-state index < -0.39 is 0 Å². The summed E-state index contributed by atoms with van der Waals surface area (Å²) in [7, 11) is 3.64. The summed E-state index contributed by atoms with van der Waals surface area (Å²) in [6.45, 7) is 0.548. The minimum atomic E-state index is -0.0512. The molecule has 23 heavy (non-hydrogen) atoms. The van der Waals surface area contributed by atoms with Crippen LogP contribution in [0.3, 0.4) is 0 Å². The van der Waals surface area contributed by atoms with Crippen molar-refractivity contribution in [2.75, 3.05) is 7.05 Å². The van der Waals surface area contributed by atoms with Crippen molar-refractivity contribution >= 4 is 21.8 Å². The Morgan fingerprint density at radius 1 is 1.22 bits per heavy atom. The molecule has 0 saturated carbocycles.